The smallest absolute Gasteiger partial charge is 0.313 e. The number of hydrogen-bond acceptors (Lipinski definition) is 3. The van der Waals surface area contributed by atoms with Crippen molar-refractivity contribution in [3.63, 3.8) is 0 Å². The van der Waals surface area contributed by atoms with Gasteiger partial charge in [-0.15, -0.1) is 0 Å². The van der Waals surface area contributed by atoms with Crippen molar-refractivity contribution in [2.45, 2.75) is 70.7 Å². The van der Waals surface area contributed by atoms with Crippen molar-refractivity contribution in [3.8, 4) is 0 Å². The molecule has 0 radical (unpaired) electrons. The van der Waals surface area contributed by atoms with Crippen LogP contribution in [0.5, 0.6) is 0 Å². The van der Waals surface area contributed by atoms with Crippen molar-refractivity contribution in [1.29, 1.82) is 0 Å². The monoisotopic (exact) mass is 336 g/mol. The lowest BCUT2D eigenvalue weighted by Gasteiger charge is -2.43. The van der Waals surface area contributed by atoms with E-state index in [9.17, 15) is 4.79 Å². The second-order valence-electron chi connectivity index (χ2n) is 8.31. The van der Waals surface area contributed by atoms with Crippen LogP contribution in [0, 0.1) is 0 Å². The van der Waals surface area contributed by atoms with E-state index in [-0.39, 0.29) is 16.9 Å². The average Bonchev–Trinajstić information content (AvgIpc) is 2.42. The maximum atomic E-state index is 12.3. The Morgan fingerprint density at radius 1 is 1.09 bits per heavy atom. The summed E-state index contributed by atoms with van der Waals surface area (Å²) in [5, 5.41) is 0.137. The van der Waals surface area contributed by atoms with Gasteiger partial charge in [0, 0.05) is 0 Å². The van der Waals surface area contributed by atoms with Crippen LogP contribution in [-0.4, -0.2) is 27.0 Å². The van der Waals surface area contributed by atoms with Gasteiger partial charge in [0.2, 0.25) is 0 Å². The fraction of sp³-hybridized carbons (Fsp3) is 0.632. The van der Waals surface area contributed by atoms with E-state index in [1.54, 1.807) is 0 Å². The minimum Gasteiger partial charge on any atom is -0.469 e. The van der Waals surface area contributed by atoms with Crippen molar-refractivity contribution in [2.24, 2.45) is 0 Å². The van der Waals surface area contributed by atoms with Crippen molar-refractivity contribution in [1.82, 2.24) is 0 Å². The molecule has 1 aromatic carbocycles. The number of rotatable bonds is 6. The molecule has 0 aliphatic rings. The molecule has 0 aliphatic carbocycles. The first-order valence-corrected chi connectivity index (χ1v) is 11.1. The largest absolute Gasteiger partial charge is 0.469 e. The molecule has 130 valence electrons. The standard InChI is InChI=1S/C19H32O3Si/c1-18(2,3)23(7,8)22-19(4,5)14-16(17(20)21-6)15-12-10-9-11-13-15/h9-13,16H,14H2,1-8H3. The molecule has 0 N–H and O–H groups in total. The van der Waals surface area contributed by atoms with E-state index in [0.717, 1.165) is 5.56 Å². The molecule has 0 amide bonds. The summed E-state index contributed by atoms with van der Waals surface area (Å²) in [6, 6.07) is 9.81. The Morgan fingerprint density at radius 3 is 2.04 bits per heavy atom. The highest BCUT2D eigenvalue weighted by atomic mass is 28.4. The molecule has 0 aromatic heterocycles. The van der Waals surface area contributed by atoms with E-state index >= 15 is 0 Å². The molecule has 23 heavy (non-hydrogen) atoms. The predicted octanol–water partition coefficient (Wildman–Crippen LogP) is 5.13. The fourth-order valence-corrected chi connectivity index (χ4v) is 4.31. The Balaban J connectivity index is 3.01. The van der Waals surface area contributed by atoms with Gasteiger partial charge in [0.05, 0.1) is 18.6 Å². The van der Waals surface area contributed by atoms with Crippen molar-refractivity contribution < 1.29 is 14.0 Å². The van der Waals surface area contributed by atoms with Gasteiger partial charge >= 0.3 is 5.97 Å². The van der Waals surface area contributed by atoms with E-state index in [0.29, 0.717) is 6.42 Å². The molecule has 0 spiro atoms. The number of carbonyl (C=O) groups is 1. The van der Waals surface area contributed by atoms with E-state index in [1.165, 1.54) is 7.11 Å². The Kier molecular flexibility index (Phi) is 6.22. The SMILES string of the molecule is COC(=O)C(CC(C)(C)O[Si](C)(C)C(C)(C)C)c1ccccc1. The minimum absolute atomic E-state index is 0.137. The number of ether oxygens (including phenoxy) is 1. The molecule has 0 heterocycles. The number of esters is 1. The highest BCUT2D eigenvalue weighted by Crippen LogP contribution is 2.41. The van der Waals surface area contributed by atoms with Gasteiger partial charge in [-0.2, -0.15) is 0 Å². The molecule has 0 bridgehead atoms. The van der Waals surface area contributed by atoms with Crippen LogP contribution in [0.1, 0.15) is 52.5 Å². The molecule has 0 saturated carbocycles. The summed E-state index contributed by atoms with van der Waals surface area (Å²) < 4.78 is 11.6. The Bertz CT molecular complexity index is 515. The molecule has 1 aromatic rings. The second-order valence-corrected chi connectivity index (χ2v) is 13.0. The van der Waals surface area contributed by atoms with Crippen LogP contribution in [-0.2, 0) is 14.0 Å². The lowest BCUT2D eigenvalue weighted by atomic mass is 9.88. The molecule has 1 unspecified atom stereocenters. The number of carbonyl (C=O) groups excluding carboxylic acids is 1. The maximum Gasteiger partial charge on any atom is 0.313 e. The summed E-state index contributed by atoms with van der Waals surface area (Å²) in [7, 11) is -0.461. The molecule has 0 aliphatic heterocycles. The predicted molar refractivity (Wildman–Crippen MR) is 98.2 cm³/mol. The molecule has 1 rings (SSSR count). The molecule has 4 heteroatoms. The van der Waals surface area contributed by atoms with Crippen molar-refractivity contribution >= 4 is 14.3 Å². The fourth-order valence-electron chi connectivity index (χ4n) is 2.54. The first kappa shape index (κ1) is 19.9. The highest BCUT2D eigenvalue weighted by Gasteiger charge is 2.42. The van der Waals surface area contributed by atoms with Gasteiger partial charge in [0.1, 0.15) is 0 Å². The second kappa shape index (κ2) is 7.18. The molecule has 0 fully saturated rings. The topological polar surface area (TPSA) is 35.5 Å². The summed E-state index contributed by atoms with van der Waals surface area (Å²) in [5.74, 6) is -0.510. The van der Waals surface area contributed by atoms with Crippen LogP contribution in [0.2, 0.25) is 18.1 Å². The molecular formula is C19H32O3Si. The molecule has 1 atom stereocenters. The van der Waals surface area contributed by atoms with Crippen LogP contribution in [0.25, 0.3) is 0 Å². The molecule has 0 saturated heterocycles. The lowest BCUT2D eigenvalue weighted by molar-refractivity contribution is -0.143. The van der Waals surface area contributed by atoms with Gasteiger partial charge in [0.15, 0.2) is 8.32 Å². The third kappa shape index (κ3) is 5.46. The molecule has 3 nitrogen and oxygen atoms in total. The summed E-state index contributed by atoms with van der Waals surface area (Å²) in [6.45, 7) is 15.3. The van der Waals surface area contributed by atoms with E-state index in [1.807, 2.05) is 30.3 Å². The molecular weight excluding hydrogens is 304 g/mol. The van der Waals surface area contributed by atoms with E-state index in [4.69, 9.17) is 9.16 Å². The van der Waals surface area contributed by atoms with Gasteiger partial charge in [0.25, 0.3) is 0 Å². The van der Waals surface area contributed by atoms with Crippen LogP contribution >= 0.6 is 0 Å². The Labute approximate surface area is 142 Å². The summed E-state index contributed by atoms with van der Waals surface area (Å²) >= 11 is 0. The van der Waals surface area contributed by atoms with Crippen LogP contribution in [0.3, 0.4) is 0 Å². The first-order chi connectivity index (χ1) is 10.4. The highest BCUT2D eigenvalue weighted by molar-refractivity contribution is 6.74. The van der Waals surface area contributed by atoms with Gasteiger partial charge in [-0.3, -0.25) is 4.79 Å². The van der Waals surface area contributed by atoms with Crippen LogP contribution < -0.4 is 0 Å². The average molecular weight is 337 g/mol. The minimum atomic E-state index is -1.91. The first-order valence-electron chi connectivity index (χ1n) is 8.22. The van der Waals surface area contributed by atoms with Gasteiger partial charge in [-0.05, 0) is 44.0 Å². The third-order valence-corrected chi connectivity index (χ3v) is 9.40. The van der Waals surface area contributed by atoms with Crippen molar-refractivity contribution in [2.75, 3.05) is 7.11 Å². The van der Waals surface area contributed by atoms with Crippen LogP contribution in [0.4, 0.5) is 0 Å². The maximum absolute atomic E-state index is 12.3. The summed E-state index contributed by atoms with van der Waals surface area (Å²) in [4.78, 5) is 12.3. The quantitative estimate of drug-likeness (QED) is 0.533. The van der Waals surface area contributed by atoms with Gasteiger partial charge in [-0.25, -0.2) is 0 Å². The van der Waals surface area contributed by atoms with E-state index in [2.05, 4.69) is 47.7 Å². The third-order valence-electron chi connectivity index (χ3n) is 4.72. The zero-order valence-electron chi connectivity index (χ0n) is 15.9. The van der Waals surface area contributed by atoms with Gasteiger partial charge < -0.3 is 9.16 Å². The zero-order chi connectivity index (χ0) is 17.9. The van der Waals surface area contributed by atoms with E-state index < -0.39 is 13.9 Å². The Morgan fingerprint density at radius 2 is 1.61 bits per heavy atom. The number of benzene rings is 1. The Hall–Kier alpha value is -1.13. The van der Waals surface area contributed by atoms with Gasteiger partial charge in [-0.1, -0.05) is 51.1 Å². The lowest BCUT2D eigenvalue weighted by Crippen LogP contribution is -2.48. The number of methoxy groups -OCH3 is 1. The summed E-state index contributed by atoms with van der Waals surface area (Å²) in [5.41, 5.74) is 0.587. The summed E-state index contributed by atoms with van der Waals surface area (Å²) in [6.07, 6.45) is 0.607. The van der Waals surface area contributed by atoms with Crippen molar-refractivity contribution in [3.05, 3.63) is 35.9 Å². The normalized spacial score (nSPS) is 14.4. The zero-order valence-corrected chi connectivity index (χ0v) is 16.9. The number of hydrogen-bond donors (Lipinski definition) is 0. The van der Waals surface area contributed by atoms with Crippen LogP contribution in [0.15, 0.2) is 30.3 Å².